The van der Waals surface area contributed by atoms with Gasteiger partial charge in [-0.1, -0.05) is 121 Å². The Morgan fingerprint density at radius 2 is 0.827 bits per heavy atom. The summed E-state index contributed by atoms with van der Waals surface area (Å²) < 4.78 is 49.0. The lowest BCUT2D eigenvalue weighted by molar-refractivity contribution is 1.01. The zero-order valence-corrected chi connectivity index (χ0v) is 28.1. The molecule has 0 amide bonds. The SMILES string of the molecule is [2H]c1ccc2c(c1)c1cc([2H])ccc1n2-c1cc(-c2ccccc2-n2c3ccc([2H])cc3c3cc([2H])ccc32)cc(-n2c3ccc([2H])cc3c3cc(C)ccc32)n1. The van der Waals surface area contributed by atoms with Crippen LogP contribution in [0.1, 0.15) is 12.4 Å². The first-order chi connectivity index (χ1) is 27.7. The largest absolute Gasteiger partial charge is 0.309 e. The number of hydrogen-bond donors (Lipinski definition) is 0. The molecule has 11 rings (SSSR count). The molecule has 0 saturated heterocycles. The van der Waals surface area contributed by atoms with Crippen LogP contribution in [0.25, 0.3) is 93.9 Å². The molecule has 52 heavy (non-hydrogen) atoms. The number of fused-ring (bicyclic) bond motifs is 9. The molecule has 11 aromatic rings. The van der Waals surface area contributed by atoms with E-state index in [9.17, 15) is 0 Å². The van der Waals surface area contributed by atoms with Crippen LogP contribution in [0.4, 0.5) is 0 Å². The van der Waals surface area contributed by atoms with E-state index in [4.69, 9.17) is 11.8 Å². The number of nitrogens with zero attached hydrogens (tertiary/aromatic N) is 4. The summed E-state index contributed by atoms with van der Waals surface area (Å²) in [6.45, 7) is 2.08. The minimum atomic E-state index is 0.392. The Kier molecular flexibility index (Phi) is 5.16. The fourth-order valence-corrected chi connectivity index (χ4v) is 8.17. The first-order valence-electron chi connectivity index (χ1n) is 19.9. The highest BCUT2D eigenvalue weighted by atomic mass is 15.1. The fraction of sp³-hybridized carbons (Fsp3) is 0.0208. The molecule has 0 fully saturated rings. The van der Waals surface area contributed by atoms with E-state index >= 15 is 0 Å². The van der Waals surface area contributed by atoms with E-state index in [-0.39, 0.29) is 0 Å². The van der Waals surface area contributed by atoms with Crippen LogP contribution in [0, 0.1) is 6.92 Å². The Labute approximate surface area is 307 Å². The highest BCUT2D eigenvalue weighted by molar-refractivity contribution is 6.12. The summed E-state index contributed by atoms with van der Waals surface area (Å²) in [7, 11) is 0. The molecule has 0 bridgehead atoms. The Balaban J connectivity index is 1.27. The second-order valence-corrected chi connectivity index (χ2v) is 13.3. The van der Waals surface area contributed by atoms with Crippen molar-refractivity contribution >= 4 is 65.4 Å². The van der Waals surface area contributed by atoms with Crippen molar-refractivity contribution in [3.05, 3.63) is 181 Å². The lowest BCUT2D eigenvalue weighted by Crippen LogP contribution is -2.05. The Hall–Kier alpha value is -6.91. The van der Waals surface area contributed by atoms with E-state index in [0.717, 1.165) is 87.8 Å². The molecule has 244 valence electrons. The second kappa shape index (κ2) is 11.0. The molecule has 0 N–H and O–H groups in total. The second-order valence-electron chi connectivity index (χ2n) is 13.3. The van der Waals surface area contributed by atoms with E-state index in [0.29, 0.717) is 41.8 Å². The van der Waals surface area contributed by atoms with Crippen LogP contribution in [0.15, 0.2) is 176 Å². The summed E-state index contributed by atoms with van der Waals surface area (Å²) in [4.78, 5) is 5.48. The van der Waals surface area contributed by atoms with Gasteiger partial charge in [-0.15, -0.1) is 0 Å². The lowest BCUT2D eigenvalue weighted by Gasteiger charge is -2.17. The minimum Gasteiger partial charge on any atom is -0.309 e. The van der Waals surface area contributed by atoms with Crippen LogP contribution in [0.2, 0.25) is 0 Å². The van der Waals surface area contributed by atoms with Crippen LogP contribution in [0.5, 0.6) is 0 Å². The number of para-hydroxylation sites is 6. The van der Waals surface area contributed by atoms with Crippen LogP contribution >= 0.6 is 0 Å². The maximum absolute atomic E-state index is 8.53. The molecule has 4 heteroatoms. The van der Waals surface area contributed by atoms with Gasteiger partial charge in [-0.2, -0.15) is 0 Å². The van der Waals surface area contributed by atoms with Crippen molar-refractivity contribution in [1.82, 2.24) is 18.7 Å². The molecular weight excluding hydrogens is 633 g/mol. The molecule has 0 radical (unpaired) electrons. The van der Waals surface area contributed by atoms with Crippen molar-refractivity contribution in [1.29, 1.82) is 0 Å². The quantitative estimate of drug-likeness (QED) is 0.183. The number of aryl methyl sites for hydroxylation is 1. The molecule has 0 aliphatic carbocycles. The van der Waals surface area contributed by atoms with Crippen molar-refractivity contribution in [2.24, 2.45) is 0 Å². The molecule has 0 spiro atoms. The molecule has 4 aromatic heterocycles. The molecule has 7 aromatic carbocycles. The average Bonchev–Trinajstić information content (AvgIpc) is 3.81. The van der Waals surface area contributed by atoms with Crippen molar-refractivity contribution in [2.45, 2.75) is 6.92 Å². The zero-order chi connectivity index (χ0) is 38.7. The van der Waals surface area contributed by atoms with Crippen LogP contribution in [0.3, 0.4) is 0 Å². The van der Waals surface area contributed by atoms with Crippen molar-refractivity contribution < 1.29 is 6.85 Å². The van der Waals surface area contributed by atoms with Crippen molar-refractivity contribution in [3.63, 3.8) is 0 Å². The van der Waals surface area contributed by atoms with Gasteiger partial charge in [0.05, 0.1) is 45.6 Å². The van der Waals surface area contributed by atoms with Gasteiger partial charge in [0, 0.05) is 37.9 Å². The van der Waals surface area contributed by atoms with Gasteiger partial charge in [-0.05, 0) is 73.2 Å². The monoisotopic (exact) mass is 669 g/mol. The molecule has 0 unspecified atom stereocenters. The minimum absolute atomic E-state index is 0.392. The fourth-order valence-electron chi connectivity index (χ4n) is 8.17. The zero-order valence-electron chi connectivity index (χ0n) is 33.1. The number of benzene rings is 7. The van der Waals surface area contributed by atoms with E-state index in [1.54, 1.807) is 12.1 Å². The average molecular weight is 670 g/mol. The third-order valence-electron chi connectivity index (χ3n) is 10.4. The number of pyridine rings is 1. The van der Waals surface area contributed by atoms with Crippen LogP contribution in [-0.4, -0.2) is 18.7 Å². The molecule has 0 saturated carbocycles. The standard InChI is InChI=1S/C48H32N4/c1-31-26-27-46-39(28-31)38-19-7-13-25-45(38)52(46)48-30-32(29-47(49-48)51-43-23-11-5-17-36(43)37-18-6-12-24-44(37)51)33-14-2-8-20-40(33)50-41-21-9-3-15-34(41)35-16-4-10-22-42(35)50/h2-30H,1H3/i3D,4D,5D,6D,7D. The summed E-state index contributed by atoms with van der Waals surface area (Å²) in [6, 6.07) is 49.3. The Bertz CT molecular complexity index is 3180. The van der Waals surface area contributed by atoms with Gasteiger partial charge in [0.1, 0.15) is 11.6 Å². The summed E-state index contributed by atoms with van der Waals surface area (Å²) >= 11 is 0. The first-order valence-corrected chi connectivity index (χ1v) is 17.4. The number of rotatable bonds is 4. The molecule has 4 heterocycles. The third kappa shape index (κ3) is 4.12. The topological polar surface area (TPSA) is 27.7 Å². The van der Waals surface area contributed by atoms with Crippen LogP contribution < -0.4 is 0 Å². The van der Waals surface area contributed by atoms with Gasteiger partial charge in [-0.25, -0.2) is 4.98 Å². The van der Waals surface area contributed by atoms with E-state index in [1.807, 2.05) is 91.0 Å². The molecular formula is C48H32N4. The number of hydrogen-bond acceptors (Lipinski definition) is 1. The smallest absolute Gasteiger partial charge is 0.140 e. The molecule has 0 atom stereocenters. The van der Waals surface area contributed by atoms with Gasteiger partial charge in [-0.3, -0.25) is 9.13 Å². The first kappa shape index (κ1) is 24.3. The highest BCUT2D eigenvalue weighted by Crippen LogP contribution is 2.40. The third-order valence-corrected chi connectivity index (χ3v) is 10.4. The molecule has 4 nitrogen and oxygen atoms in total. The van der Waals surface area contributed by atoms with Gasteiger partial charge in [0.25, 0.3) is 0 Å². The predicted molar refractivity (Wildman–Crippen MR) is 217 cm³/mol. The number of aromatic nitrogens is 4. The van der Waals surface area contributed by atoms with Gasteiger partial charge in [0.15, 0.2) is 0 Å². The summed E-state index contributed by atoms with van der Waals surface area (Å²) in [5.74, 6) is 1.37. The van der Waals surface area contributed by atoms with Crippen LogP contribution in [-0.2, 0) is 0 Å². The maximum Gasteiger partial charge on any atom is 0.140 e. The van der Waals surface area contributed by atoms with Gasteiger partial charge >= 0.3 is 0 Å². The predicted octanol–water partition coefficient (Wildman–Crippen LogP) is 12.3. The lowest BCUT2D eigenvalue weighted by atomic mass is 10.0. The molecule has 0 aliphatic rings. The molecule has 0 aliphatic heterocycles. The van der Waals surface area contributed by atoms with Crippen molar-refractivity contribution in [2.75, 3.05) is 0 Å². The Morgan fingerprint density at radius 3 is 1.33 bits per heavy atom. The summed E-state index contributed by atoms with van der Waals surface area (Å²) in [5.41, 5.74) is 9.50. The maximum atomic E-state index is 8.53. The van der Waals surface area contributed by atoms with Gasteiger partial charge in [0.2, 0.25) is 0 Å². The highest BCUT2D eigenvalue weighted by Gasteiger charge is 2.21. The summed E-state index contributed by atoms with van der Waals surface area (Å²) in [6.07, 6.45) is 0. The van der Waals surface area contributed by atoms with E-state index in [2.05, 4.69) is 63.1 Å². The Morgan fingerprint density at radius 1 is 0.404 bits per heavy atom. The van der Waals surface area contributed by atoms with Gasteiger partial charge < -0.3 is 4.57 Å². The summed E-state index contributed by atoms with van der Waals surface area (Å²) in [5, 5.41) is 5.61. The normalized spacial score (nSPS) is 13.3. The van der Waals surface area contributed by atoms with E-state index < -0.39 is 0 Å². The van der Waals surface area contributed by atoms with Crippen molar-refractivity contribution in [3.8, 4) is 28.5 Å². The van der Waals surface area contributed by atoms with E-state index in [1.165, 1.54) is 0 Å².